The number of amides is 1. The Balaban J connectivity index is 1.79. The Labute approximate surface area is 132 Å². The van der Waals surface area contributed by atoms with E-state index in [9.17, 15) is 14.0 Å². The monoisotopic (exact) mass is 317 g/mol. The van der Waals surface area contributed by atoms with Crippen LogP contribution in [0, 0.1) is 11.7 Å². The normalized spacial score (nSPS) is 20.7. The zero-order chi connectivity index (χ0) is 16.6. The molecule has 2 aromatic rings. The Kier molecular flexibility index (Phi) is 3.85. The third-order valence-corrected chi connectivity index (χ3v) is 4.23. The Hall–Kier alpha value is -2.70. The van der Waals surface area contributed by atoms with Gasteiger partial charge >= 0.3 is 5.97 Å². The zero-order valence-electron chi connectivity index (χ0n) is 12.5. The van der Waals surface area contributed by atoms with Gasteiger partial charge in [0.15, 0.2) is 5.69 Å². The highest BCUT2D eigenvalue weighted by Crippen LogP contribution is 2.25. The van der Waals surface area contributed by atoms with Crippen molar-refractivity contribution in [1.82, 2.24) is 14.7 Å². The predicted octanol–water partition coefficient (Wildman–Crippen LogP) is 1.95. The molecule has 1 aliphatic rings. The summed E-state index contributed by atoms with van der Waals surface area (Å²) in [6.45, 7) is 2.14. The molecule has 3 rings (SSSR count). The lowest BCUT2D eigenvalue weighted by molar-refractivity contribution is -0.142. The predicted molar refractivity (Wildman–Crippen MR) is 79.8 cm³/mol. The van der Waals surface area contributed by atoms with Crippen LogP contribution in [0.25, 0.3) is 5.69 Å². The SMILES string of the molecule is CC1C(C(=O)O)CCN1C(=O)c1ccn(-c2ccc(F)cc2)n1. The topological polar surface area (TPSA) is 75.4 Å². The van der Waals surface area contributed by atoms with Crippen molar-refractivity contribution < 1.29 is 19.1 Å². The highest BCUT2D eigenvalue weighted by molar-refractivity contribution is 5.93. The standard InChI is InChI=1S/C16H16FN3O3/c1-10-13(16(22)23)6-8-19(10)15(21)14-7-9-20(18-14)12-4-2-11(17)3-5-12/h2-5,7,9-10,13H,6,8H2,1H3,(H,22,23). The lowest BCUT2D eigenvalue weighted by Gasteiger charge is -2.22. The molecule has 1 aromatic carbocycles. The van der Waals surface area contributed by atoms with Gasteiger partial charge in [-0.05, 0) is 43.7 Å². The van der Waals surface area contributed by atoms with E-state index in [1.54, 1.807) is 31.3 Å². The highest BCUT2D eigenvalue weighted by atomic mass is 19.1. The molecule has 1 aliphatic heterocycles. The van der Waals surface area contributed by atoms with E-state index < -0.39 is 11.9 Å². The summed E-state index contributed by atoms with van der Waals surface area (Å²) in [5.41, 5.74) is 0.885. The fraction of sp³-hybridized carbons (Fsp3) is 0.312. The number of halogens is 1. The minimum absolute atomic E-state index is 0.243. The number of carboxylic acids is 1. The summed E-state index contributed by atoms with van der Waals surface area (Å²) in [5.74, 6) is -2.06. The molecule has 1 aromatic heterocycles. The van der Waals surface area contributed by atoms with Gasteiger partial charge in [0, 0.05) is 18.8 Å². The molecular weight excluding hydrogens is 301 g/mol. The first-order valence-electron chi connectivity index (χ1n) is 7.33. The molecule has 0 bridgehead atoms. The Morgan fingerprint density at radius 2 is 1.96 bits per heavy atom. The minimum Gasteiger partial charge on any atom is -0.481 e. The van der Waals surface area contributed by atoms with Crippen LogP contribution in [-0.2, 0) is 4.79 Å². The first-order chi connectivity index (χ1) is 11.0. The van der Waals surface area contributed by atoms with E-state index in [1.165, 1.54) is 21.7 Å². The second-order valence-electron chi connectivity index (χ2n) is 5.59. The van der Waals surface area contributed by atoms with Crippen molar-refractivity contribution in [1.29, 1.82) is 0 Å². The number of carbonyl (C=O) groups is 2. The molecule has 0 aliphatic carbocycles. The number of nitrogens with zero attached hydrogens (tertiary/aromatic N) is 3. The summed E-state index contributed by atoms with van der Waals surface area (Å²) in [5, 5.41) is 13.4. The number of carbonyl (C=O) groups excluding carboxylic acids is 1. The summed E-state index contributed by atoms with van der Waals surface area (Å²) in [6, 6.07) is 6.98. The number of carboxylic acid groups (broad SMARTS) is 1. The fourth-order valence-corrected chi connectivity index (χ4v) is 2.88. The van der Waals surface area contributed by atoms with Gasteiger partial charge in [-0.1, -0.05) is 0 Å². The van der Waals surface area contributed by atoms with Gasteiger partial charge in [0.25, 0.3) is 5.91 Å². The Morgan fingerprint density at radius 1 is 1.26 bits per heavy atom. The molecule has 6 nitrogen and oxygen atoms in total. The van der Waals surface area contributed by atoms with Crippen LogP contribution in [0.2, 0.25) is 0 Å². The van der Waals surface area contributed by atoms with Crippen LogP contribution in [0.5, 0.6) is 0 Å². The molecule has 23 heavy (non-hydrogen) atoms. The number of aromatic nitrogens is 2. The summed E-state index contributed by atoms with van der Waals surface area (Å²) in [6.07, 6.45) is 2.07. The molecule has 0 radical (unpaired) electrons. The quantitative estimate of drug-likeness (QED) is 0.939. The van der Waals surface area contributed by atoms with Gasteiger partial charge in [0.1, 0.15) is 5.82 Å². The molecule has 1 amide bonds. The highest BCUT2D eigenvalue weighted by Gasteiger charge is 2.38. The van der Waals surface area contributed by atoms with E-state index in [2.05, 4.69) is 5.10 Å². The van der Waals surface area contributed by atoms with Gasteiger partial charge in [-0.25, -0.2) is 9.07 Å². The van der Waals surface area contributed by atoms with Gasteiger partial charge in [0.05, 0.1) is 11.6 Å². The van der Waals surface area contributed by atoms with E-state index in [4.69, 9.17) is 5.11 Å². The minimum atomic E-state index is -0.885. The van der Waals surface area contributed by atoms with Crippen LogP contribution >= 0.6 is 0 Å². The second-order valence-corrected chi connectivity index (χ2v) is 5.59. The maximum atomic E-state index is 12.9. The van der Waals surface area contributed by atoms with Gasteiger partial charge in [-0.3, -0.25) is 9.59 Å². The molecule has 2 atom stereocenters. The van der Waals surface area contributed by atoms with Crippen LogP contribution < -0.4 is 0 Å². The van der Waals surface area contributed by atoms with Crippen molar-refractivity contribution >= 4 is 11.9 Å². The van der Waals surface area contributed by atoms with Crippen molar-refractivity contribution in [2.45, 2.75) is 19.4 Å². The largest absolute Gasteiger partial charge is 0.481 e. The number of hydrogen-bond acceptors (Lipinski definition) is 3. The maximum absolute atomic E-state index is 12.9. The number of likely N-dealkylation sites (tertiary alicyclic amines) is 1. The van der Waals surface area contributed by atoms with Crippen molar-refractivity contribution in [2.24, 2.45) is 5.92 Å². The van der Waals surface area contributed by atoms with E-state index >= 15 is 0 Å². The molecule has 2 heterocycles. The average molecular weight is 317 g/mol. The smallest absolute Gasteiger partial charge is 0.308 e. The summed E-state index contributed by atoms with van der Waals surface area (Å²) in [4.78, 5) is 25.2. The van der Waals surface area contributed by atoms with Crippen LogP contribution in [0.15, 0.2) is 36.5 Å². The third kappa shape index (κ3) is 2.81. The van der Waals surface area contributed by atoms with E-state index in [1.807, 2.05) is 0 Å². The van der Waals surface area contributed by atoms with E-state index in [0.29, 0.717) is 18.7 Å². The van der Waals surface area contributed by atoms with Gasteiger partial charge in [-0.2, -0.15) is 5.10 Å². The van der Waals surface area contributed by atoms with Gasteiger partial charge in [-0.15, -0.1) is 0 Å². The van der Waals surface area contributed by atoms with Crippen LogP contribution in [-0.4, -0.2) is 44.3 Å². The molecule has 0 spiro atoms. The first kappa shape index (κ1) is 15.2. The molecule has 1 fully saturated rings. The van der Waals surface area contributed by atoms with Crippen LogP contribution in [0.1, 0.15) is 23.8 Å². The zero-order valence-corrected chi connectivity index (χ0v) is 12.5. The Morgan fingerprint density at radius 3 is 2.57 bits per heavy atom. The number of benzene rings is 1. The van der Waals surface area contributed by atoms with E-state index in [0.717, 1.165) is 0 Å². The molecule has 7 heteroatoms. The lowest BCUT2D eigenvalue weighted by atomic mass is 10.0. The first-order valence-corrected chi connectivity index (χ1v) is 7.33. The lowest BCUT2D eigenvalue weighted by Crippen LogP contribution is -2.37. The number of hydrogen-bond donors (Lipinski definition) is 1. The van der Waals surface area contributed by atoms with Gasteiger partial charge in [0.2, 0.25) is 0 Å². The van der Waals surface area contributed by atoms with Crippen LogP contribution in [0.4, 0.5) is 4.39 Å². The van der Waals surface area contributed by atoms with Crippen molar-refractivity contribution in [3.8, 4) is 5.69 Å². The molecule has 1 saturated heterocycles. The summed E-state index contributed by atoms with van der Waals surface area (Å²) < 4.78 is 14.4. The fourth-order valence-electron chi connectivity index (χ4n) is 2.88. The Bertz CT molecular complexity index is 741. The molecular formula is C16H16FN3O3. The number of rotatable bonds is 3. The molecule has 2 unspecified atom stereocenters. The summed E-state index contributed by atoms with van der Waals surface area (Å²) >= 11 is 0. The van der Waals surface area contributed by atoms with Crippen molar-refractivity contribution in [3.05, 3.63) is 48.0 Å². The maximum Gasteiger partial charge on any atom is 0.308 e. The summed E-state index contributed by atoms with van der Waals surface area (Å²) in [7, 11) is 0. The van der Waals surface area contributed by atoms with Gasteiger partial charge < -0.3 is 10.0 Å². The average Bonchev–Trinajstić information content (AvgIpc) is 3.14. The van der Waals surface area contributed by atoms with Crippen LogP contribution in [0.3, 0.4) is 0 Å². The molecule has 1 N–H and O–H groups in total. The molecule has 120 valence electrons. The van der Waals surface area contributed by atoms with Crippen molar-refractivity contribution in [3.63, 3.8) is 0 Å². The van der Waals surface area contributed by atoms with E-state index in [-0.39, 0.29) is 23.5 Å². The molecule has 0 saturated carbocycles. The number of aliphatic carboxylic acids is 1. The third-order valence-electron chi connectivity index (χ3n) is 4.23. The second kappa shape index (κ2) is 5.83. The van der Waals surface area contributed by atoms with Crippen molar-refractivity contribution in [2.75, 3.05) is 6.54 Å².